The number of carbonyl (C=O) groups is 1. The molecular weight excluding hydrogens is 538 g/mol. The topological polar surface area (TPSA) is 57.2 Å². The molecule has 0 bridgehead atoms. The molecule has 43 heavy (non-hydrogen) atoms. The van der Waals surface area contributed by atoms with E-state index in [2.05, 4.69) is 38.1 Å². The van der Waals surface area contributed by atoms with E-state index >= 15 is 0 Å². The highest BCUT2D eigenvalue weighted by Crippen LogP contribution is 2.25. The van der Waals surface area contributed by atoms with Crippen molar-refractivity contribution in [2.75, 3.05) is 47.6 Å². The molecule has 0 heterocycles. The first-order valence-electron chi connectivity index (χ1n) is 17.7. The summed E-state index contributed by atoms with van der Waals surface area (Å²) < 4.78 is 22.8. The van der Waals surface area contributed by atoms with Crippen molar-refractivity contribution in [3.8, 4) is 11.5 Å². The van der Waals surface area contributed by atoms with E-state index in [4.69, 9.17) is 18.9 Å². The van der Waals surface area contributed by atoms with Gasteiger partial charge in [0.05, 0.1) is 19.8 Å². The van der Waals surface area contributed by atoms with Gasteiger partial charge in [-0.25, -0.2) is 0 Å². The van der Waals surface area contributed by atoms with Gasteiger partial charge in [-0.15, -0.1) is 0 Å². The van der Waals surface area contributed by atoms with Crippen LogP contribution in [0.15, 0.2) is 18.2 Å². The van der Waals surface area contributed by atoms with Crippen molar-refractivity contribution < 1.29 is 23.7 Å². The summed E-state index contributed by atoms with van der Waals surface area (Å²) >= 11 is 0. The smallest absolute Gasteiger partial charge is 0.305 e. The van der Waals surface area contributed by atoms with Crippen LogP contribution in [0.3, 0.4) is 0 Å². The second kappa shape index (κ2) is 29.0. The third kappa shape index (κ3) is 25.3. The Morgan fingerprint density at radius 2 is 1.02 bits per heavy atom. The Bertz CT molecular complexity index is 769. The summed E-state index contributed by atoms with van der Waals surface area (Å²) in [6.45, 7) is 6.03. The molecule has 0 fully saturated rings. The molecule has 0 spiro atoms. The number of hydrogen-bond donors (Lipinski definition) is 0. The summed E-state index contributed by atoms with van der Waals surface area (Å²) in [6.07, 6.45) is 24.5. The Kier molecular flexibility index (Phi) is 26.4. The molecule has 0 unspecified atom stereocenters. The molecule has 250 valence electrons. The van der Waals surface area contributed by atoms with Gasteiger partial charge in [-0.3, -0.25) is 4.79 Å². The van der Waals surface area contributed by atoms with Crippen molar-refractivity contribution in [2.45, 2.75) is 148 Å². The van der Waals surface area contributed by atoms with Gasteiger partial charge in [0, 0.05) is 32.7 Å². The number of benzene rings is 1. The van der Waals surface area contributed by atoms with Gasteiger partial charge >= 0.3 is 5.97 Å². The summed E-state index contributed by atoms with van der Waals surface area (Å²) in [5, 5.41) is 0. The summed E-state index contributed by atoms with van der Waals surface area (Å²) in [4.78, 5) is 14.1. The molecule has 0 aliphatic heterocycles. The summed E-state index contributed by atoms with van der Waals surface area (Å²) in [7, 11) is 5.94. The van der Waals surface area contributed by atoms with E-state index in [1.165, 1.54) is 82.6 Å². The fraction of sp³-hybridized carbons (Fsp3) is 0.811. The Morgan fingerprint density at radius 3 is 1.51 bits per heavy atom. The van der Waals surface area contributed by atoms with E-state index in [1.807, 2.05) is 6.07 Å². The van der Waals surface area contributed by atoms with Gasteiger partial charge in [-0.1, -0.05) is 103 Å². The quantitative estimate of drug-likeness (QED) is 0.0620. The van der Waals surface area contributed by atoms with Crippen LogP contribution in [-0.4, -0.2) is 58.5 Å². The molecule has 0 aliphatic carbocycles. The van der Waals surface area contributed by atoms with Gasteiger partial charge in [0.25, 0.3) is 0 Å². The van der Waals surface area contributed by atoms with E-state index in [-0.39, 0.29) is 5.97 Å². The van der Waals surface area contributed by atoms with Gasteiger partial charge in [0.1, 0.15) is 11.5 Å². The monoisotopic (exact) mass is 606 g/mol. The van der Waals surface area contributed by atoms with Crippen LogP contribution in [0.4, 0.5) is 0 Å². The third-order valence-electron chi connectivity index (χ3n) is 7.76. The van der Waals surface area contributed by atoms with Crippen LogP contribution in [0.25, 0.3) is 0 Å². The zero-order valence-corrected chi connectivity index (χ0v) is 28.6. The highest BCUT2D eigenvalue weighted by atomic mass is 16.5. The van der Waals surface area contributed by atoms with Gasteiger partial charge < -0.3 is 23.8 Å². The van der Waals surface area contributed by atoms with Crippen molar-refractivity contribution in [1.82, 2.24) is 4.90 Å². The summed E-state index contributed by atoms with van der Waals surface area (Å²) in [5.41, 5.74) is 1.22. The molecule has 0 amide bonds. The van der Waals surface area contributed by atoms with E-state index in [9.17, 15) is 4.79 Å². The molecular formula is C37H67NO5. The van der Waals surface area contributed by atoms with Crippen molar-refractivity contribution in [2.24, 2.45) is 0 Å². The van der Waals surface area contributed by atoms with Crippen molar-refractivity contribution in [1.29, 1.82) is 0 Å². The summed E-state index contributed by atoms with van der Waals surface area (Å²) in [6, 6.07) is 6.33. The first-order chi connectivity index (χ1) is 21.0. The minimum absolute atomic E-state index is 0.0178. The highest BCUT2D eigenvalue weighted by molar-refractivity contribution is 5.69. The van der Waals surface area contributed by atoms with Gasteiger partial charge in [0.15, 0.2) is 0 Å². The molecule has 1 aromatic rings. The molecule has 0 saturated carbocycles. The van der Waals surface area contributed by atoms with Gasteiger partial charge in [-0.2, -0.15) is 0 Å². The average molecular weight is 606 g/mol. The van der Waals surface area contributed by atoms with Gasteiger partial charge in [0.2, 0.25) is 0 Å². The predicted molar refractivity (Wildman–Crippen MR) is 180 cm³/mol. The molecule has 0 N–H and O–H groups in total. The molecule has 0 saturated heterocycles. The van der Waals surface area contributed by atoms with Crippen LogP contribution in [0, 0.1) is 0 Å². The molecule has 1 rings (SSSR count). The SMILES string of the molecule is CCCCCCCCCCC(=O)OCCCCCCCCOc1cc(CN(C)C)cc(OCCCCCCCCOC)c1. The van der Waals surface area contributed by atoms with Gasteiger partial charge in [-0.05, 0) is 63.9 Å². The Morgan fingerprint density at radius 1 is 0.581 bits per heavy atom. The van der Waals surface area contributed by atoms with Crippen LogP contribution in [0.5, 0.6) is 11.5 Å². The Hall–Kier alpha value is -1.79. The minimum atomic E-state index is -0.0178. The number of rotatable bonds is 31. The number of unbranched alkanes of at least 4 members (excludes halogenated alkanes) is 17. The number of nitrogens with zero attached hydrogens (tertiary/aromatic N) is 1. The third-order valence-corrected chi connectivity index (χ3v) is 7.76. The average Bonchev–Trinajstić information content (AvgIpc) is 2.98. The normalized spacial score (nSPS) is 11.3. The molecule has 1 aromatic carbocycles. The fourth-order valence-electron chi connectivity index (χ4n) is 5.26. The standard InChI is InChI=1S/C37H67NO5/c1-5-6-7-8-9-10-15-20-25-37(39)43-29-24-19-14-13-18-23-28-42-36-31-34(33-38(2)3)30-35(32-36)41-27-22-17-12-11-16-21-26-40-4/h30-32H,5-29,33H2,1-4H3. The first kappa shape index (κ1) is 39.2. The molecule has 6 nitrogen and oxygen atoms in total. The first-order valence-corrected chi connectivity index (χ1v) is 17.7. The van der Waals surface area contributed by atoms with E-state index in [0.29, 0.717) is 13.0 Å². The van der Waals surface area contributed by atoms with Crippen LogP contribution in [-0.2, 0) is 20.8 Å². The van der Waals surface area contributed by atoms with Crippen molar-refractivity contribution >= 4 is 5.97 Å². The lowest BCUT2D eigenvalue weighted by molar-refractivity contribution is -0.143. The van der Waals surface area contributed by atoms with E-state index < -0.39 is 0 Å². The number of hydrogen-bond acceptors (Lipinski definition) is 6. The molecule has 6 heteroatoms. The fourth-order valence-corrected chi connectivity index (χ4v) is 5.26. The number of esters is 1. The minimum Gasteiger partial charge on any atom is -0.493 e. The lowest BCUT2D eigenvalue weighted by Crippen LogP contribution is -2.11. The second-order valence-corrected chi connectivity index (χ2v) is 12.4. The van der Waals surface area contributed by atoms with Crippen LogP contribution in [0.1, 0.15) is 147 Å². The number of carbonyl (C=O) groups excluding carboxylic acids is 1. The Balaban J connectivity index is 2.10. The van der Waals surface area contributed by atoms with Crippen LogP contribution >= 0.6 is 0 Å². The second-order valence-electron chi connectivity index (χ2n) is 12.4. The number of ether oxygens (including phenoxy) is 4. The Labute approximate surface area is 265 Å². The largest absolute Gasteiger partial charge is 0.493 e. The summed E-state index contributed by atoms with van der Waals surface area (Å²) in [5.74, 6) is 1.80. The van der Waals surface area contributed by atoms with Crippen molar-refractivity contribution in [3.05, 3.63) is 23.8 Å². The lowest BCUT2D eigenvalue weighted by atomic mass is 10.1. The molecule has 0 atom stereocenters. The maximum atomic E-state index is 11.9. The molecule has 0 radical (unpaired) electrons. The highest BCUT2D eigenvalue weighted by Gasteiger charge is 2.06. The van der Waals surface area contributed by atoms with E-state index in [0.717, 1.165) is 89.2 Å². The van der Waals surface area contributed by atoms with Crippen molar-refractivity contribution in [3.63, 3.8) is 0 Å². The zero-order valence-electron chi connectivity index (χ0n) is 28.6. The van der Waals surface area contributed by atoms with Crippen LogP contribution < -0.4 is 9.47 Å². The molecule has 0 aromatic heterocycles. The zero-order chi connectivity index (χ0) is 31.2. The maximum absolute atomic E-state index is 11.9. The number of methoxy groups -OCH3 is 1. The lowest BCUT2D eigenvalue weighted by Gasteiger charge is -2.15. The van der Waals surface area contributed by atoms with E-state index in [1.54, 1.807) is 7.11 Å². The maximum Gasteiger partial charge on any atom is 0.305 e. The molecule has 0 aliphatic rings. The predicted octanol–water partition coefficient (Wildman–Crippen LogP) is 9.91. The van der Waals surface area contributed by atoms with Crippen LogP contribution in [0.2, 0.25) is 0 Å².